The van der Waals surface area contributed by atoms with Crippen molar-refractivity contribution in [2.45, 2.75) is 24.9 Å². The average molecular weight is 377 g/mol. The number of fused-ring (bicyclic) bond motifs is 1. The van der Waals surface area contributed by atoms with Gasteiger partial charge in [-0.05, 0) is 0 Å². The van der Waals surface area contributed by atoms with Gasteiger partial charge in [-0.3, -0.25) is 9.32 Å². The minimum absolute atomic E-state index is 0.116. The molecule has 1 amide bonds. The fraction of sp³-hybridized carbons (Fsp3) is 0.692. The van der Waals surface area contributed by atoms with Crippen molar-refractivity contribution in [3.05, 3.63) is 12.0 Å². The Hall–Kier alpha value is -1.49. The van der Waals surface area contributed by atoms with E-state index in [9.17, 15) is 14.5 Å². The number of phosphoric ester groups is 1. The number of amides is 1. The molecule has 140 valence electrons. The number of phosphoric acid groups is 1. The number of aliphatic hydroxyl groups excluding tert-OH is 1. The largest absolute Gasteiger partial charge is 0.469 e. The van der Waals surface area contributed by atoms with Crippen molar-refractivity contribution in [2.75, 3.05) is 32.3 Å². The number of rotatable bonds is 4. The standard InChI is InChI=1S/C13H21N4O7P/c1-14-7-17(12-11(14)13(19)16(3)6-15(12)2)10-4-8(18)9(24-10)5-23-25(20,21)22/h7-10,18H,4-6H2,1-3H3,(H-,20,21,22)/p+1/t8-,9+,10+/m0/s1. The molecule has 3 N–H and O–H groups in total. The Bertz CT molecular complexity index is 732. The first-order valence-corrected chi connectivity index (χ1v) is 9.22. The van der Waals surface area contributed by atoms with Gasteiger partial charge in [-0.1, -0.05) is 0 Å². The number of aromatic nitrogens is 2. The third-order valence-corrected chi connectivity index (χ3v) is 4.85. The Morgan fingerprint density at radius 2 is 2.08 bits per heavy atom. The molecule has 0 saturated carbocycles. The molecule has 3 rings (SSSR count). The molecule has 0 bridgehead atoms. The third-order valence-electron chi connectivity index (χ3n) is 4.36. The first-order chi connectivity index (χ1) is 11.6. The Morgan fingerprint density at radius 3 is 2.72 bits per heavy atom. The smallest absolute Gasteiger partial charge is 0.390 e. The quantitative estimate of drug-likeness (QED) is 0.429. The van der Waals surface area contributed by atoms with E-state index in [4.69, 9.17) is 14.5 Å². The lowest BCUT2D eigenvalue weighted by molar-refractivity contribution is -0.673. The number of carbonyl (C=O) groups is 1. The van der Waals surface area contributed by atoms with Crippen LogP contribution in [0.3, 0.4) is 0 Å². The van der Waals surface area contributed by atoms with Crippen molar-refractivity contribution in [1.29, 1.82) is 0 Å². The summed E-state index contributed by atoms with van der Waals surface area (Å²) >= 11 is 0. The lowest BCUT2D eigenvalue weighted by Gasteiger charge is -2.29. The summed E-state index contributed by atoms with van der Waals surface area (Å²) in [5, 5.41) is 10.1. The first-order valence-electron chi connectivity index (χ1n) is 7.69. The summed E-state index contributed by atoms with van der Waals surface area (Å²) in [6.45, 7) is -0.00903. The SMILES string of the molecule is CN1CN(C)c2c([n+](C)cn2[C@H]2C[C@H](O)[C@@H](COP(=O)(O)O)O2)C1=O. The third kappa shape index (κ3) is 3.43. The second kappa shape index (κ2) is 6.35. The van der Waals surface area contributed by atoms with E-state index < -0.39 is 32.9 Å². The summed E-state index contributed by atoms with van der Waals surface area (Å²) in [5.74, 6) is 0.550. The zero-order valence-electron chi connectivity index (χ0n) is 14.1. The van der Waals surface area contributed by atoms with Gasteiger partial charge in [0.2, 0.25) is 12.6 Å². The molecule has 0 spiro atoms. The number of nitrogens with zero attached hydrogens (tertiary/aromatic N) is 4. The Labute approximate surface area is 144 Å². The topological polar surface area (TPSA) is 129 Å². The van der Waals surface area contributed by atoms with E-state index in [1.807, 2.05) is 11.9 Å². The van der Waals surface area contributed by atoms with Gasteiger partial charge in [-0.25, -0.2) is 9.13 Å². The molecule has 0 radical (unpaired) electrons. The van der Waals surface area contributed by atoms with E-state index in [1.54, 1.807) is 34.5 Å². The molecule has 1 aromatic heterocycles. The van der Waals surface area contributed by atoms with Gasteiger partial charge < -0.3 is 29.4 Å². The zero-order valence-corrected chi connectivity index (χ0v) is 15.0. The monoisotopic (exact) mass is 377 g/mol. The number of hydrogen-bond acceptors (Lipinski definition) is 6. The minimum atomic E-state index is -4.64. The second-order valence-corrected chi connectivity index (χ2v) is 7.61. The highest BCUT2D eigenvalue weighted by atomic mass is 31.2. The molecule has 3 atom stereocenters. The number of aliphatic hydroxyl groups is 1. The van der Waals surface area contributed by atoms with Crippen molar-refractivity contribution < 1.29 is 38.1 Å². The molecule has 1 aromatic rings. The van der Waals surface area contributed by atoms with Crippen LogP contribution < -0.4 is 9.47 Å². The fourth-order valence-electron chi connectivity index (χ4n) is 3.25. The molecule has 2 aliphatic heterocycles. The number of hydrogen-bond donors (Lipinski definition) is 3. The maximum atomic E-state index is 12.4. The van der Waals surface area contributed by atoms with Gasteiger partial charge in [0.05, 0.1) is 26.4 Å². The van der Waals surface area contributed by atoms with Gasteiger partial charge in [0.1, 0.15) is 6.10 Å². The highest BCUT2D eigenvalue weighted by Crippen LogP contribution is 2.39. The van der Waals surface area contributed by atoms with Gasteiger partial charge in [0.25, 0.3) is 11.5 Å². The van der Waals surface area contributed by atoms with Gasteiger partial charge >= 0.3 is 13.7 Å². The molecule has 3 heterocycles. The van der Waals surface area contributed by atoms with E-state index in [-0.39, 0.29) is 12.3 Å². The van der Waals surface area contributed by atoms with Gasteiger partial charge in [0.15, 0.2) is 0 Å². The van der Waals surface area contributed by atoms with Gasteiger partial charge in [-0.2, -0.15) is 4.57 Å². The Morgan fingerprint density at radius 1 is 1.40 bits per heavy atom. The van der Waals surface area contributed by atoms with E-state index in [0.717, 1.165) is 0 Å². The highest BCUT2D eigenvalue weighted by Gasteiger charge is 2.44. The number of ether oxygens (including phenoxy) is 1. The van der Waals surface area contributed by atoms with Gasteiger partial charge in [-0.15, -0.1) is 0 Å². The maximum absolute atomic E-state index is 12.4. The Kier molecular flexibility index (Phi) is 4.65. The van der Waals surface area contributed by atoms with Crippen LogP contribution >= 0.6 is 7.82 Å². The predicted molar refractivity (Wildman–Crippen MR) is 83.5 cm³/mol. The molecule has 0 aliphatic carbocycles. The van der Waals surface area contributed by atoms with Crippen molar-refractivity contribution in [3.63, 3.8) is 0 Å². The lowest BCUT2D eigenvalue weighted by atomic mass is 10.2. The van der Waals surface area contributed by atoms with Crippen molar-refractivity contribution >= 4 is 19.5 Å². The summed E-state index contributed by atoms with van der Waals surface area (Å²) < 4.78 is 24.4. The van der Waals surface area contributed by atoms with Crippen LogP contribution in [0, 0.1) is 0 Å². The molecule has 1 saturated heterocycles. The number of carbonyl (C=O) groups excluding carboxylic acids is 1. The number of imidazole rings is 1. The van der Waals surface area contributed by atoms with E-state index in [0.29, 0.717) is 18.2 Å². The molecule has 11 nitrogen and oxygen atoms in total. The average Bonchev–Trinajstić information content (AvgIpc) is 3.03. The molecule has 0 aromatic carbocycles. The molecular formula is C13H22N4O7P+. The molecule has 0 unspecified atom stereocenters. The predicted octanol–water partition coefficient (Wildman–Crippen LogP) is -1.45. The van der Waals surface area contributed by atoms with Crippen LogP contribution in [0.1, 0.15) is 23.1 Å². The van der Waals surface area contributed by atoms with E-state index >= 15 is 0 Å². The number of anilines is 1. The summed E-state index contributed by atoms with van der Waals surface area (Å²) in [7, 11) is 0.671. The van der Waals surface area contributed by atoms with Crippen LogP contribution in [0.4, 0.5) is 5.82 Å². The molecule has 25 heavy (non-hydrogen) atoms. The molecular weight excluding hydrogens is 355 g/mol. The molecule has 2 aliphatic rings. The van der Waals surface area contributed by atoms with Crippen LogP contribution in [0.2, 0.25) is 0 Å². The molecule has 12 heteroatoms. The molecule has 1 fully saturated rings. The van der Waals surface area contributed by atoms with Crippen LogP contribution in [0.15, 0.2) is 6.33 Å². The summed E-state index contributed by atoms with van der Waals surface area (Å²) in [4.78, 5) is 33.5. The van der Waals surface area contributed by atoms with E-state index in [1.165, 1.54) is 0 Å². The fourth-order valence-corrected chi connectivity index (χ4v) is 3.59. The Balaban J connectivity index is 1.84. The van der Waals surface area contributed by atoms with Crippen LogP contribution in [0.25, 0.3) is 0 Å². The summed E-state index contributed by atoms with van der Waals surface area (Å²) in [6, 6.07) is 0. The summed E-state index contributed by atoms with van der Waals surface area (Å²) in [6.07, 6.45) is -0.454. The maximum Gasteiger partial charge on any atom is 0.469 e. The second-order valence-electron chi connectivity index (χ2n) is 6.37. The number of aryl methyl sites for hydroxylation is 1. The van der Waals surface area contributed by atoms with Crippen molar-refractivity contribution in [1.82, 2.24) is 9.47 Å². The van der Waals surface area contributed by atoms with Gasteiger partial charge in [0, 0.05) is 20.5 Å². The zero-order chi connectivity index (χ0) is 18.5. The van der Waals surface area contributed by atoms with Crippen LogP contribution in [0.5, 0.6) is 0 Å². The first kappa shape index (κ1) is 18.3. The van der Waals surface area contributed by atoms with Crippen LogP contribution in [-0.2, 0) is 20.9 Å². The van der Waals surface area contributed by atoms with Crippen LogP contribution in [-0.4, -0.2) is 69.8 Å². The van der Waals surface area contributed by atoms with Crippen molar-refractivity contribution in [2.24, 2.45) is 7.05 Å². The highest BCUT2D eigenvalue weighted by molar-refractivity contribution is 7.46. The van der Waals surface area contributed by atoms with E-state index in [2.05, 4.69) is 4.52 Å². The van der Waals surface area contributed by atoms with Crippen molar-refractivity contribution in [3.8, 4) is 0 Å². The lowest BCUT2D eigenvalue weighted by Crippen LogP contribution is -2.48. The summed E-state index contributed by atoms with van der Waals surface area (Å²) in [5.41, 5.74) is 0.504. The normalized spacial score (nSPS) is 27.1. The minimum Gasteiger partial charge on any atom is -0.390 e.